The number of hydrogen-bond donors (Lipinski definition) is 2. The van der Waals surface area contributed by atoms with Crippen molar-refractivity contribution < 1.29 is 4.74 Å². The van der Waals surface area contributed by atoms with Crippen molar-refractivity contribution in [3.05, 3.63) is 11.9 Å². The summed E-state index contributed by atoms with van der Waals surface area (Å²) in [5.41, 5.74) is 0. The molecule has 1 heterocycles. The molecule has 0 amide bonds. The highest BCUT2D eigenvalue weighted by Crippen LogP contribution is 2.14. The van der Waals surface area contributed by atoms with Crippen LogP contribution >= 0.6 is 11.8 Å². The Balaban J connectivity index is 2.73. The van der Waals surface area contributed by atoms with Gasteiger partial charge < -0.3 is 15.4 Å². The molecule has 0 aliphatic heterocycles. The number of nitrogens with zero attached hydrogens (tertiary/aromatic N) is 2. The second-order valence-electron chi connectivity index (χ2n) is 4.55. The van der Waals surface area contributed by atoms with Gasteiger partial charge in [-0.15, -0.1) is 0 Å². The first-order valence-corrected chi connectivity index (χ1v) is 8.44. The van der Waals surface area contributed by atoms with Crippen molar-refractivity contribution in [1.29, 1.82) is 0 Å². The molecule has 20 heavy (non-hydrogen) atoms. The van der Waals surface area contributed by atoms with Gasteiger partial charge in [0.1, 0.15) is 18.2 Å². The van der Waals surface area contributed by atoms with Crippen LogP contribution in [0.4, 0.5) is 11.6 Å². The summed E-state index contributed by atoms with van der Waals surface area (Å²) in [4.78, 5) is 8.95. The summed E-state index contributed by atoms with van der Waals surface area (Å²) < 4.78 is 5.40. The van der Waals surface area contributed by atoms with Gasteiger partial charge in [-0.1, -0.05) is 13.8 Å². The maximum atomic E-state index is 5.40. The van der Waals surface area contributed by atoms with Crippen molar-refractivity contribution in [2.45, 2.75) is 39.0 Å². The number of rotatable bonds is 10. The molecule has 0 radical (unpaired) electrons. The third-order valence-electron chi connectivity index (χ3n) is 2.74. The van der Waals surface area contributed by atoms with Crippen molar-refractivity contribution in [2.24, 2.45) is 0 Å². The Labute approximate surface area is 126 Å². The van der Waals surface area contributed by atoms with Crippen molar-refractivity contribution >= 4 is 23.4 Å². The molecule has 114 valence electrons. The van der Waals surface area contributed by atoms with Crippen molar-refractivity contribution in [2.75, 3.05) is 36.6 Å². The highest BCUT2D eigenvalue weighted by Gasteiger charge is 2.06. The van der Waals surface area contributed by atoms with Crippen LogP contribution in [-0.2, 0) is 11.3 Å². The molecule has 6 heteroatoms. The highest BCUT2D eigenvalue weighted by atomic mass is 32.2. The van der Waals surface area contributed by atoms with Crippen LogP contribution in [0.15, 0.2) is 6.07 Å². The van der Waals surface area contributed by atoms with Gasteiger partial charge in [-0.3, -0.25) is 0 Å². The first-order chi connectivity index (χ1) is 9.69. The van der Waals surface area contributed by atoms with E-state index in [1.807, 2.05) is 24.8 Å². The van der Waals surface area contributed by atoms with Crippen molar-refractivity contribution in [1.82, 2.24) is 9.97 Å². The van der Waals surface area contributed by atoms with Gasteiger partial charge in [-0.05, 0) is 19.6 Å². The summed E-state index contributed by atoms with van der Waals surface area (Å²) in [6.45, 7) is 9.21. The number of aromatic nitrogens is 2. The molecule has 0 saturated heterocycles. The second kappa shape index (κ2) is 9.83. The number of anilines is 2. The van der Waals surface area contributed by atoms with Gasteiger partial charge in [-0.2, -0.15) is 11.8 Å². The molecule has 0 aromatic carbocycles. The molecule has 1 rings (SSSR count). The molecule has 0 aliphatic carbocycles. The average Bonchev–Trinajstić information content (AvgIpc) is 2.48. The fourth-order valence-corrected chi connectivity index (χ4v) is 1.77. The molecule has 1 unspecified atom stereocenters. The lowest BCUT2D eigenvalue weighted by Crippen LogP contribution is -2.15. The Kier molecular flexibility index (Phi) is 8.37. The van der Waals surface area contributed by atoms with Gasteiger partial charge in [0.05, 0.1) is 0 Å². The summed E-state index contributed by atoms with van der Waals surface area (Å²) in [6, 6.07) is 1.96. The summed E-state index contributed by atoms with van der Waals surface area (Å²) in [5, 5.41) is 7.21. The molecule has 5 nitrogen and oxygen atoms in total. The monoisotopic (exact) mass is 298 g/mol. The predicted molar refractivity (Wildman–Crippen MR) is 87.6 cm³/mol. The SMILES string of the molecule is CCCNc1cc(NCC(C)SC)nc(COCC)n1. The van der Waals surface area contributed by atoms with Gasteiger partial charge in [0.2, 0.25) is 0 Å². The normalized spacial score (nSPS) is 12.2. The lowest BCUT2D eigenvalue weighted by molar-refractivity contribution is 0.128. The fraction of sp³-hybridized carbons (Fsp3) is 0.714. The van der Waals surface area contributed by atoms with E-state index in [1.54, 1.807) is 0 Å². The number of hydrogen-bond acceptors (Lipinski definition) is 6. The van der Waals surface area contributed by atoms with Crippen LogP contribution in [0.5, 0.6) is 0 Å². The summed E-state index contributed by atoms with van der Waals surface area (Å²) in [5.74, 6) is 2.43. The van der Waals surface area contributed by atoms with Crippen molar-refractivity contribution in [3.63, 3.8) is 0 Å². The molecule has 0 aliphatic rings. The van der Waals surface area contributed by atoms with E-state index in [2.05, 4.69) is 40.7 Å². The Bertz CT molecular complexity index is 363. The van der Waals surface area contributed by atoms with Crippen LogP contribution < -0.4 is 10.6 Å². The van der Waals surface area contributed by atoms with E-state index in [1.165, 1.54) is 0 Å². The molecule has 0 fully saturated rings. The maximum absolute atomic E-state index is 5.40. The molecular formula is C14H26N4OS. The molecule has 2 N–H and O–H groups in total. The smallest absolute Gasteiger partial charge is 0.158 e. The number of ether oxygens (including phenoxy) is 1. The van der Waals surface area contributed by atoms with Gasteiger partial charge in [0.15, 0.2) is 5.82 Å². The molecule has 1 aromatic rings. The van der Waals surface area contributed by atoms with Crippen LogP contribution in [0.2, 0.25) is 0 Å². The average molecular weight is 298 g/mol. The quantitative estimate of drug-likeness (QED) is 0.692. The van der Waals surface area contributed by atoms with E-state index in [0.29, 0.717) is 24.3 Å². The topological polar surface area (TPSA) is 59.1 Å². The lowest BCUT2D eigenvalue weighted by Gasteiger charge is -2.13. The molecule has 0 saturated carbocycles. The number of thioether (sulfide) groups is 1. The Morgan fingerprint density at radius 1 is 1.25 bits per heavy atom. The Hall–Kier alpha value is -1.01. The van der Waals surface area contributed by atoms with Crippen LogP contribution in [-0.4, -0.2) is 41.2 Å². The first kappa shape index (κ1) is 17.0. The van der Waals surface area contributed by atoms with E-state index in [0.717, 1.165) is 31.1 Å². The van der Waals surface area contributed by atoms with Crippen LogP contribution in [0, 0.1) is 0 Å². The zero-order valence-corrected chi connectivity index (χ0v) is 13.7. The standard InChI is InChI=1S/C14H26N4OS/c1-5-7-15-12-8-13(16-9-11(3)20-4)18-14(17-12)10-19-6-2/h8,11H,5-7,9-10H2,1-4H3,(H2,15,16,17,18). The lowest BCUT2D eigenvalue weighted by atomic mass is 10.4. The summed E-state index contributed by atoms with van der Waals surface area (Å²) in [7, 11) is 0. The zero-order chi connectivity index (χ0) is 14.8. The molecular weight excluding hydrogens is 272 g/mol. The minimum absolute atomic E-state index is 0.449. The minimum Gasteiger partial charge on any atom is -0.374 e. The maximum Gasteiger partial charge on any atom is 0.158 e. The molecule has 1 aromatic heterocycles. The highest BCUT2D eigenvalue weighted by molar-refractivity contribution is 7.99. The molecule has 0 spiro atoms. The number of nitrogens with one attached hydrogen (secondary N) is 2. The third kappa shape index (κ3) is 6.43. The van der Waals surface area contributed by atoms with Crippen LogP contribution in [0.25, 0.3) is 0 Å². The van der Waals surface area contributed by atoms with Gasteiger partial charge in [0, 0.05) is 31.0 Å². The second-order valence-corrected chi connectivity index (χ2v) is 5.82. The van der Waals surface area contributed by atoms with E-state index in [9.17, 15) is 0 Å². The Morgan fingerprint density at radius 2 is 1.95 bits per heavy atom. The Morgan fingerprint density at radius 3 is 2.55 bits per heavy atom. The van der Waals surface area contributed by atoms with E-state index < -0.39 is 0 Å². The molecule has 1 atom stereocenters. The zero-order valence-electron chi connectivity index (χ0n) is 12.9. The van der Waals surface area contributed by atoms with Gasteiger partial charge in [-0.25, -0.2) is 9.97 Å². The first-order valence-electron chi connectivity index (χ1n) is 7.15. The minimum atomic E-state index is 0.449. The molecule has 0 bridgehead atoms. The van der Waals surface area contributed by atoms with Crippen molar-refractivity contribution in [3.8, 4) is 0 Å². The third-order valence-corrected chi connectivity index (χ3v) is 3.71. The summed E-state index contributed by atoms with van der Waals surface area (Å²) >= 11 is 1.83. The fourth-order valence-electron chi connectivity index (χ4n) is 1.52. The predicted octanol–water partition coefficient (Wildman–Crippen LogP) is 3.00. The van der Waals surface area contributed by atoms with E-state index >= 15 is 0 Å². The summed E-state index contributed by atoms with van der Waals surface area (Å²) in [6.07, 6.45) is 3.18. The van der Waals surface area contributed by atoms with Gasteiger partial charge in [0.25, 0.3) is 0 Å². The van der Waals surface area contributed by atoms with Crippen LogP contribution in [0.3, 0.4) is 0 Å². The van der Waals surface area contributed by atoms with E-state index in [4.69, 9.17) is 4.74 Å². The van der Waals surface area contributed by atoms with Gasteiger partial charge >= 0.3 is 0 Å². The van der Waals surface area contributed by atoms with E-state index in [-0.39, 0.29) is 0 Å². The largest absolute Gasteiger partial charge is 0.374 e. The van der Waals surface area contributed by atoms with Crippen LogP contribution in [0.1, 0.15) is 33.0 Å².